The summed E-state index contributed by atoms with van der Waals surface area (Å²) in [5.41, 5.74) is 1.13. The van der Waals surface area contributed by atoms with Crippen molar-refractivity contribution in [3.05, 3.63) is 73.1 Å². The molecule has 0 aliphatic carbocycles. The van der Waals surface area contributed by atoms with Crippen LogP contribution in [0.4, 0.5) is 16.2 Å². The molecule has 2 amide bonds. The van der Waals surface area contributed by atoms with Crippen LogP contribution in [0.3, 0.4) is 0 Å². The van der Waals surface area contributed by atoms with Gasteiger partial charge in [0.2, 0.25) is 5.88 Å². The molecule has 2 aromatic heterocycles. The summed E-state index contributed by atoms with van der Waals surface area (Å²) in [4.78, 5) is 12.3. The summed E-state index contributed by atoms with van der Waals surface area (Å²) >= 11 is 0. The maximum atomic E-state index is 12.3. The van der Waals surface area contributed by atoms with Crippen LogP contribution in [-0.2, 0) is 0 Å². The fraction of sp³-hybridized carbons (Fsp3) is 0.0909. The zero-order valence-corrected chi connectivity index (χ0v) is 17.4. The average Bonchev–Trinajstić information content (AvgIpc) is 3.35. The maximum absolute atomic E-state index is 12.3. The van der Waals surface area contributed by atoms with Crippen LogP contribution in [0.1, 0.15) is 0 Å². The molecular weight excluding hydrogens is 412 g/mol. The number of hydrogen-bond acceptors (Lipinski definition) is 7. The van der Waals surface area contributed by atoms with Crippen molar-refractivity contribution < 1.29 is 19.0 Å². The van der Waals surface area contributed by atoms with Crippen molar-refractivity contribution in [2.45, 2.75) is 0 Å². The lowest BCUT2D eigenvalue weighted by Gasteiger charge is -2.11. The number of benzene rings is 2. The van der Waals surface area contributed by atoms with E-state index in [2.05, 4.69) is 25.9 Å². The minimum atomic E-state index is -0.408. The molecule has 2 N–H and O–H groups in total. The number of carbonyl (C=O) groups is 1. The second kappa shape index (κ2) is 9.47. The Morgan fingerprint density at radius 1 is 0.844 bits per heavy atom. The number of carbonyl (C=O) groups excluding carboxylic acids is 1. The van der Waals surface area contributed by atoms with E-state index in [0.717, 1.165) is 0 Å². The second-order valence-electron chi connectivity index (χ2n) is 6.49. The highest BCUT2D eigenvalue weighted by Gasteiger charge is 2.08. The monoisotopic (exact) mass is 432 g/mol. The van der Waals surface area contributed by atoms with Gasteiger partial charge in [0.25, 0.3) is 0 Å². The van der Waals surface area contributed by atoms with Gasteiger partial charge in [-0.05, 0) is 36.4 Å². The number of nitrogens with one attached hydrogen (secondary N) is 2. The minimum absolute atomic E-state index is 0.339. The molecule has 4 aromatic rings. The predicted octanol–water partition coefficient (Wildman–Crippen LogP) is 4.12. The molecule has 0 unspecified atom stereocenters. The summed E-state index contributed by atoms with van der Waals surface area (Å²) in [5, 5.41) is 17.7. The number of hydrogen-bond donors (Lipinski definition) is 2. The Hall–Kier alpha value is -4.60. The van der Waals surface area contributed by atoms with Crippen LogP contribution in [0.5, 0.6) is 23.1 Å². The number of urea groups is 1. The van der Waals surface area contributed by atoms with Crippen LogP contribution in [0.15, 0.2) is 73.1 Å². The van der Waals surface area contributed by atoms with Crippen LogP contribution < -0.4 is 24.8 Å². The Labute approximate surface area is 183 Å². The van der Waals surface area contributed by atoms with Gasteiger partial charge in [-0.2, -0.15) is 5.10 Å². The van der Waals surface area contributed by atoms with Gasteiger partial charge in [0.1, 0.15) is 17.2 Å². The van der Waals surface area contributed by atoms with Crippen molar-refractivity contribution in [2.24, 2.45) is 0 Å². The molecule has 32 heavy (non-hydrogen) atoms. The standard InChI is InChI=1S/C22H20N6O4/c1-30-18-12-16(13-19(14-18)31-2)25-22(29)24-15-4-6-17(7-5-15)32-21-9-8-20(26-27-21)28-11-3-10-23-28/h3-14H,1-2H3,(H2,24,25,29). The summed E-state index contributed by atoms with van der Waals surface area (Å²) in [6, 6.07) is 16.8. The molecule has 162 valence electrons. The van der Waals surface area contributed by atoms with Crippen LogP contribution in [-0.4, -0.2) is 40.2 Å². The molecule has 0 radical (unpaired) electrons. The number of rotatable bonds is 7. The summed E-state index contributed by atoms with van der Waals surface area (Å²) in [6.45, 7) is 0. The van der Waals surface area contributed by atoms with Crippen LogP contribution in [0.2, 0.25) is 0 Å². The van der Waals surface area contributed by atoms with E-state index in [-0.39, 0.29) is 0 Å². The lowest BCUT2D eigenvalue weighted by atomic mass is 10.2. The Kier molecular flexibility index (Phi) is 6.12. The minimum Gasteiger partial charge on any atom is -0.497 e. The zero-order valence-electron chi connectivity index (χ0n) is 17.4. The van der Waals surface area contributed by atoms with E-state index >= 15 is 0 Å². The molecule has 0 aliphatic heterocycles. The first-order valence-electron chi connectivity index (χ1n) is 9.56. The van der Waals surface area contributed by atoms with Crippen molar-refractivity contribution >= 4 is 17.4 Å². The molecule has 0 aliphatic rings. The van der Waals surface area contributed by atoms with E-state index in [0.29, 0.717) is 40.3 Å². The van der Waals surface area contributed by atoms with E-state index in [1.165, 1.54) is 0 Å². The third-order valence-electron chi connectivity index (χ3n) is 4.31. The number of amides is 2. The predicted molar refractivity (Wildman–Crippen MR) is 118 cm³/mol. The van der Waals surface area contributed by atoms with Gasteiger partial charge < -0.3 is 24.8 Å². The summed E-state index contributed by atoms with van der Waals surface area (Å²) < 4.78 is 17.7. The lowest BCUT2D eigenvalue weighted by Crippen LogP contribution is -2.19. The quantitative estimate of drug-likeness (QED) is 0.452. The normalized spacial score (nSPS) is 10.3. The third-order valence-corrected chi connectivity index (χ3v) is 4.31. The summed E-state index contributed by atoms with van der Waals surface area (Å²) in [7, 11) is 3.09. The van der Waals surface area contributed by atoms with Gasteiger partial charge in [-0.1, -0.05) is 0 Å². The van der Waals surface area contributed by atoms with Gasteiger partial charge in [0.05, 0.1) is 14.2 Å². The molecule has 0 bridgehead atoms. The van der Waals surface area contributed by atoms with Gasteiger partial charge in [-0.15, -0.1) is 10.2 Å². The highest BCUT2D eigenvalue weighted by atomic mass is 16.5. The molecule has 10 heteroatoms. The fourth-order valence-corrected chi connectivity index (χ4v) is 2.79. The van der Waals surface area contributed by atoms with E-state index in [1.54, 1.807) is 92.0 Å². The Morgan fingerprint density at radius 3 is 2.16 bits per heavy atom. The first-order chi connectivity index (χ1) is 15.6. The smallest absolute Gasteiger partial charge is 0.323 e. The molecule has 2 heterocycles. The van der Waals surface area contributed by atoms with Gasteiger partial charge in [0.15, 0.2) is 5.82 Å². The van der Waals surface area contributed by atoms with Crippen molar-refractivity contribution in [1.29, 1.82) is 0 Å². The number of nitrogens with zero attached hydrogens (tertiary/aromatic N) is 4. The van der Waals surface area contributed by atoms with Crippen LogP contribution in [0.25, 0.3) is 5.82 Å². The van der Waals surface area contributed by atoms with E-state index in [9.17, 15) is 4.79 Å². The third kappa shape index (κ3) is 5.11. The molecule has 0 fully saturated rings. The molecule has 0 saturated heterocycles. The van der Waals surface area contributed by atoms with Crippen molar-refractivity contribution in [3.8, 4) is 28.9 Å². The maximum Gasteiger partial charge on any atom is 0.323 e. The topological polar surface area (TPSA) is 112 Å². The summed E-state index contributed by atoms with van der Waals surface area (Å²) in [5.74, 6) is 2.62. The highest BCUT2D eigenvalue weighted by molar-refractivity contribution is 6.00. The molecule has 10 nitrogen and oxygen atoms in total. The molecular formula is C22H20N6O4. The Balaban J connectivity index is 1.35. The first kappa shape index (κ1) is 20.7. The molecule has 0 spiro atoms. The fourth-order valence-electron chi connectivity index (χ4n) is 2.79. The van der Waals surface area contributed by atoms with Crippen molar-refractivity contribution in [1.82, 2.24) is 20.0 Å². The highest BCUT2D eigenvalue weighted by Crippen LogP contribution is 2.26. The summed E-state index contributed by atoms with van der Waals surface area (Å²) in [6.07, 6.45) is 3.44. The molecule has 0 atom stereocenters. The Bertz CT molecular complexity index is 1160. The number of methoxy groups -OCH3 is 2. The van der Waals surface area contributed by atoms with Gasteiger partial charge in [-0.3, -0.25) is 0 Å². The second-order valence-corrected chi connectivity index (χ2v) is 6.49. The number of anilines is 2. The number of ether oxygens (including phenoxy) is 3. The molecule has 4 rings (SSSR count). The largest absolute Gasteiger partial charge is 0.497 e. The first-order valence-corrected chi connectivity index (χ1v) is 9.56. The number of aromatic nitrogens is 4. The molecule has 2 aromatic carbocycles. The Morgan fingerprint density at radius 2 is 1.56 bits per heavy atom. The zero-order chi connectivity index (χ0) is 22.3. The van der Waals surface area contributed by atoms with Crippen LogP contribution >= 0.6 is 0 Å². The van der Waals surface area contributed by atoms with Gasteiger partial charge in [-0.25, -0.2) is 9.48 Å². The molecule has 0 saturated carbocycles. The van der Waals surface area contributed by atoms with E-state index in [1.807, 2.05) is 0 Å². The van der Waals surface area contributed by atoms with Crippen molar-refractivity contribution in [3.63, 3.8) is 0 Å². The van der Waals surface area contributed by atoms with E-state index in [4.69, 9.17) is 14.2 Å². The lowest BCUT2D eigenvalue weighted by molar-refractivity contribution is 0.262. The van der Waals surface area contributed by atoms with E-state index < -0.39 is 6.03 Å². The SMILES string of the molecule is COc1cc(NC(=O)Nc2ccc(Oc3ccc(-n4cccn4)nn3)cc2)cc(OC)c1. The average molecular weight is 432 g/mol. The van der Waals surface area contributed by atoms with Crippen LogP contribution in [0, 0.1) is 0 Å². The van der Waals surface area contributed by atoms with Gasteiger partial charge >= 0.3 is 6.03 Å². The van der Waals surface area contributed by atoms with Gasteiger partial charge in [0, 0.05) is 48.0 Å². The van der Waals surface area contributed by atoms with Crippen molar-refractivity contribution in [2.75, 3.05) is 24.9 Å².